The number of carbonyl (C=O) groups is 1. The van der Waals surface area contributed by atoms with Gasteiger partial charge in [-0.1, -0.05) is 6.07 Å². The predicted octanol–water partition coefficient (Wildman–Crippen LogP) is 1.71. The Kier molecular flexibility index (Phi) is 4.56. The van der Waals surface area contributed by atoms with Crippen LogP contribution in [0.3, 0.4) is 0 Å². The normalized spacial score (nSPS) is 11.0. The summed E-state index contributed by atoms with van der Waals surface area (Å²) in [6.45, 7) is 0. The minimum absolute atomic E-state index is 0.254. The number of benzene rings is 1. The number of hydrogen-bond acceptors (Lipinski definition) is 4. The van der Waals surface area contributed by atoms with Crippen LogP contribution in [-0.2, 0) is 10.2 Å². The van der Waals surface area contributed by atoms with Crippen LogP contribution in [0.2, 0.25) is 0 Å². The smallest absolute Gasteiger partial charge is 0.296 e. The Morgan fingerprint density at radius 1 is 1.19 bits per heavy atom. The number of nitrogens with two attached hydrogens (primary N) is 1. The summed E-state index contributed by atoms with van der Waals surface area (Å²) in [4.78, 5) is 15.9. The fraction of sp³-hybridized carbons (Fsp3) is 0. The maximum absolute atomic E-state index is 12.0. The number of pyridine rings is 1. The molecule has 110 valence electrons. The van der Waals surface area contributed by atoms with Crippen molar-refractivity contribution in [2.45, 2.75) is 0 Å². The summed E-state index contributed by atoms with van der Waals surface area (Å²) in [6.07, 6.45) is 1.42. The van der Waals surface area contributed by atoms with E-state index >= 15 is 0 Å². The van der Waals surface area contributed by atoms with Gasteiger partial charge in [-0.15, -0.1) is 0 Å². The summed E-state index contributed by atoms with van der Waals surface area (Å²) in [5, 5.41) is 7.52. The van der Waals surface area contributed by atoms with Gasteiger partial charge in [0.15, 0.2) is 0 Å². The highest BCUT2D eigenvalue weighted by atomic mass is 79.9. The molecule has 0 saturated heterocycles. The molecule has 0 spiro atoms. The Morgan fingerprint density at radius 3 is 2.52 bits per heavy atom. The second kappa shape index (κ2) is 6.20. The van der Waals surface area contributed by atoms with Gasteiger partial charge < -0.3 is 5.32 Å². The lowest BCUT2D eigenvalue weighted by Gasteiger charge is -2.08. The maximum Gasteiger partial charge on any atom is 0.296 e. The summed E-state index contributed by atoms with van der Waals surface area (Å²) in [5.41, 5.74) is 1.06. The van der Waals surface area contributed by atoms with Crippen LogP contribution in [0.1, 0.15) is 10.4 Å². The van der Waals surface area contributed by atoms with Crippen LogP contribution in [-0.4, -0.2) is 19.3 Å². The molecule has 1 heterocycles. The number of nitrogens with zero attached hydrogens (tertiary/aromatic N) is 1. The highest BCUT2D eigenvalue weighted by Crippen LogP contribution is 2.17. The second-order valence-electron chi connectivity index (χ2n) is 4.05. The molecule has 0 aliphatic carbocycles. The minimum atomic E-state index is -3.86. The lowest BCUT2D eigenvalue weighted by molar-refractivity contribution is 0.102. The molecule has 0 aliphatic rings. The fourth-order valence-electron chi connectivity index (χ4n) is 1.54. The van der Waals surface area contributed by atoms with E-state index in [0.717, 1.165) is 0 Å². The number of amides is 1. The van der Waals surface area contributed by atoms with Gasteiger partial charge in [-0.3, -0.25) is 9.52 Å². The highest BCUT2D eigenvalue weighted by Gasteiger charge is 2.08. The molecule has 0 aliphatic heterocycles. The van der Waals surface area contributed by atoms with Crippen LogP contribution in [0.5, 0.6) is 0 Å². The topological polar surface area (TPSA) is 114 Å². The predicted molar refractivity (Wildman–Crippen MR) is 83.1 cm³/mol. The third-order valence-corrected chi connectivity index (χ3v) is 3.36. The Bertz CT molecular complexity index is 762. The van der Waals surface area contributed by atoms with Crippen molar-refractivity contribution in [2.24, 2.45) is 5.14 Å². The number of aromatic nitrogens is 1. The molecule has 1 amide bonds. The number of carbonyl (C=O) groups excluding carboxylic acids is 1. The number of nitrogens with one attached hydrogen (secondary N) is 2. The minimum Gasteiger partial charge on any atom is -0.322 e. The molecule has 7 nitrogen and oxygen atoms in total. The van der Waals surface area contributed by atoms with Crippen molar-refractivity contribution in [3.8, 4) is 0 Å². The molecule has 4 N–H and O–H groups in total. The van der Waals surface area contributed by atoms with Crippen LogP contribution in [0.15, 0.2) is 47.2 Å². The Morgan fingerprint density at radius 2 is 1.90 bits per heavy atom. The molecule has 0 atom stereocenters. The van der Waals surface area contributed by atoms with Crippen LogP contribution in [0, 0.1) is 0 Å². The average Bonchev–Trinajstić information content (AvgIpc) is 2.37. The third-order valence-electron chi connectivity index (χ3n) is 2.37. The molecule has 2 aromatic rings. The zero-order chi connectivity index (χ0) is 15.5. The van der Waals surface area contributed by atoms with E-state index in [0.29, 0.717) is 15.9 Å². The second-order valence-corrected chi connectivity index (χ2v) is 6.16. The zero-order valence-electron chi connectivity index (χ0n) is 10.6. The van der Waals surface area contributed by atoms with E-state index in [-0.39, 0.29) is 11.6 Å². The molecular weight excluding hydrogens is 360 g/mol. The molecule has 0 bridgehead atoms. The molecule has 0 saturated carbocycles. The number of anilines is 2. The lowest BCUT2D eigenvalue weighted by Crippen LogP contribution is -2.21. The average molecular weight is 371 g/mol. The van der Waals surface area contributed by atoms with Crippen molar-refractivity contribution in [1.29, 1.82) is 0 Å². The largest absolute Gasteiger partial charge is 0.322 e. The van der Waals surface area contributed by atoms with E-state index in [2.05, 4.69) is 31.0 Å². The number of rotatable bonds is 4. The van der Waals surface area contributed by atoms with Gasteiger partial charge in [0.05, 0.1) is 11.3 Å². The maximum atomic E-state index is 12.0. The van der Waals surface area contributed by atoms with E-state index in [4.69, 9.17) is 5.14 Å². The van der Waals surface area contributed by atoms with Crippen LogP contribution < -0.4 is 15.2 Å². The van der Waals surface area contributed by atoms with Gasteiger partial charge in [0.25, 0.3) is 16.1 Å². The fourth-order valence-corrected chi connectivity index (χ4v) is 2.23. The van der Waals surface area contributed by atoms with E-state index in [9.17, 15) is 13.2 Å². The van der Waals surface area contributed by atoms with Gasteiger partial charge in [0, 0.05) is 11.9 Å². The first kappa shape index (κ1) is 15.4. The molecule has 0 unspecified atom stereocenters. The standard InChI is InChI=1S/C12H11BrN4O3S/c13-11-5-4-8(7-15-11)12(18)16-9-2-1-3-10(6-9)17-21(14,19)20/h1-7,17H,(H,16,18)(H2,14,19,20). The summed E-state index contributed by atoms with van der Waals surface area (Å²) < 4.78 is 24.7. The molecule has 2 rings (SSSR count). The van der Waals surface area contributed by atoms with Crippen LogP contribution in [0.4, 0.5) is 11.4 Å². The van der Waals surface area contributed by atoms with Crippen molar-refractivity contribution in [3.05, 3.63) is 52.8 Å². The zero-order valence-corrected chi connectivity index (χ0v) is 13.0. The van der Waals surface area contributed by atoms with Crippen molar-refractivity contribution in [3.63, 3.8) is 0 Å². The van der Waals surface area contributed by atoms with E-state index < -0.39 is 10.2 Å². The van der Waals surface area contributed by atoms with Crippen LogP contribution >= 0.6 is 15.9 Å². The monoisotopic (exact) mass is 370 g/mol. The molecule has 1 aromatic heterocycles. The molecule has 0 radical (unpaired) electrons. The molecule has 0 fully saturated rings. The van der Waals surface area contributed by atoms with Gasteiger partial charge >= 0.3 is 0 Å². The lowest BCUT2D eigenvalue weighted by atomic mass is 10.2. The number of halogens is 1. The van der Waals surface area contributed by atoms with E-state index in [1.54, 1.807) is 24.3 Å². The Labute approximate surface area is 129 Å². The van der Waals surface area contributed by atoms with Crippen molar-refractivity contribution in [1.82, 2.24) is 4.98 Å². The number of hydrogen-bond donors (Lipinski definition) is 3. The summed E-state index contributed by atoms with van der Waals surface area (Å²) in [5.74, 6) is -0.359. The van der Waals surface area contributed by atoms with Crippen molar-refractivity contribution < 1.29 is 13.2 Å². The van der Waals surface area contributed by atoms with E-state index in [1.807, 2.05) is 0 Å². The first-order valence-electron chi connectivity index (χ1n) is 5.67. The molecule has 9 heteroatoms. The van der Waals surface area contributed by atoms with Gasteiger partial charge in [-0.05, 0) is 46.3 Å². The third kappa shape index (κ3) is 4.81. The molecule has 21 heavy (non-hydrogen) atoms. The Balaban J connectivity index is 2.14. The first-order valence-corrected chi connectivity index (χ1v) is 8.01. The van der Waals surface area contributed by atoms with Crippen LogP contribution in [0.25, 0.3) is 0 Å². The highest BCUT2D eigenvalue weighted by molar-refractivity contribution is 9.10. The summed E-state index contributed by atoms with van der Waals surface area (Å²) in [6, 6.07) is 9.43. The summed E-state index contributed by atoms with van der Waals surface area (Å²) >= 11 is 3.18. The summed E-state index contributed by atoms with van der Waals surface area (Å²) in [7, 11) is -3.86. The SMILES string of the molecule is NS(=O)(=O)Nc1cccc(NC(=O)c2ccc(Br)nc2)c1. The molecular formula is C12H11BrN4O3S. The Hall–Kier alpha value is -1.97. The quantitative estimate of drug-likeness (QED) is 0.710. The van der Waals surface area contributed by atoms with E-state index in [1.165, 1.54) is 18.3 Å². The van der Waals surface area contributed by atoms with Gasteiger partial charge in [0.2, 0.25) is 0 Å². The van der Waals surface area contributed by atoms with Gasteiger partial charge in [-0.25, -0.2) is 10.1 Å². The van der Waals surface area contributed by atoms with Gasteiger partial charge in [0.1, 0.15) is 4.60 Å². The van der Waals surface area contributed by atoms with Crippen molar-refractivity contribution in [2.75, 3.05) is 10.0 Å². The van der Waals surface area contributed by atoms with Gasteiger partial charge in [-0.2, -0.15) is 8.42 Å². The van der Waals surface area contributed by atoms with Crippen molar-refractivity contribution >= 4 is 43.4 Å². The first-order chi connectivity index (χ1) is 9.83. The molecule has 1 aromatic carbocycles.